The highest BCUT2D eigenvalue weighted by Crippen LogP contribution is 2.38. The van der Waals surface area contributed by atoms with Crippen LogP contribution < -0.4 is 9.47 Å². The van der Waals surface area contributed by atoms with Crippen LogP contribution in [0.3, 0.4) is 0 Å². The van der Waals surface area contributed by atoms with E-state index in [1.165, 1.54) is 0 Å². The average molecular weight is 282 g/mol. The first-order valence-electron chi connectivity index (χ1n) is 6.83. The second-order valence-electron chi connectivity index (χ2n) is 5.58. The van der Waals surface area contributed by atoms with Crippen LogP contribution in [0.25, 0.3) is 0 Å². The van der Waals surface area contributed by atoms with E-state index in [9.17, 15) is 5.11 Å². The fourth-order valence-corrected chi connectivity index (χ4v) is 2.51. The molecule has 1 atom stereocenters. The highest BCUT2D eigenvalue weighted by atomic mass is 16.5. The first kappa shape index (κ1) is 16.8. The molecule has 0 aliphatic rings. The van der Waals surface area contributed by atoms with Crippen molar-refractivity contribution in [2.45, 2.75) is 46.1 Å². The van der Waals surface area contributed by atoms with Crippen LogP contribution in [0.15, 0.2) is 0 Å². The van der Waals surface area contributed by atoms with Crippen LogP contribution in [0.5, 0.6) is 11.5 Å². The first-order chi connectivity index (χ1) is 9.29. The molecule has 0 spiro atoms. The summed E-state index contributed by atoms with van der Waals surface area (Å²) < 4.78 is 11.0. The lowest BCUT2D eigenvalue weighted by Crippen LogP contribution is -2.29. The third-order valence-corrected chi connectivity index (χ3v) is 3.97. The van der Waals surface area contributed by atoms with Crippen molar-refractivity contribution in [2.75, 3.05) is 20.8 Å². The SMILES string of the molecule is COc1c(C)c(C)c(OC)c(CC[C@](C)(O)CO)c1C. The van der Waals surface area contributed by atoms with E-state index in [0.29, 0.717) is 12.8 Å². The van der Waals surface area contributed by atoms with Gasteiger partial charge in [0.2, 0.25) is 0 Å². The van der Waals surface area contributed by atoms with Gasteiger partial charge in [0.15, 0.2) is 0 Å². The number of hydrogen-bond donors (Lipinski definition) is 2. The summed E-state index contributed by atoms with van der Waals surface area (Å²) in [5, 5.41) is 19.1. The molecular weight excluding hydrogens is 256 g/mol. The maximum absolute atomic E-state index is 9.97. The Kier molecular flexibility index (Phi) is 5.42. The number of ether oxygens (including phenoxy) is 2. The van der Waals surface area contributed by atoms with Crippen molar-refractivity contribution < 1.29 is 19.7 Å². The van der Waals surface area contributed by atoms with Gasteiger partial charge in [0.1, 0.15) is 11.5 Å². The standard InChI is InChI=1S/C16H26O4/c1-10-11(2)15(20-6)13(12(3)14(10)19-5)7-8-16(4,18)9-17/h17-18H,7-9H2,1-6H3/t16-/m0/s1. The van der Waals surface area contributed by atoms with Gasteiger partial charge in [-0.15, -0.1) is 0 Å². The third kappa shape index (κ3) is 3.25. The zero-order chi connectivity index (χ0) is 15.5. The molecule has 4 heteroatoms. The number of hydrogen-bond acceptors (Lipinski definition) is 4. The van der Waals surface area contributed by atoms with Gasteiger partial charge in [-0.25, -0.2) is 0 Å². The minimum absolute atomic E-state index is 0.254. The second kappa shape index (κ2) is 6.46. The van der Waals surface area contributed by atoms with E-state index in [2.05, 4.69) is 0 Å². The lowest BCUT2D eigenvalue weighted by Gasteiger charge is -2.24. The van der Waals surface area contributed by atoms with Gasteiger partial charge in [-0.1, -0.05) is 0 Å². The summed E-state index contributed by atoms with van der Waals surface area (Å²) in [6, 6.07) is 0. The molecule has 1 rings (SSSR count). The molecule has 114 valence electrons. The normalized spacial score (nSPS) is 14.0. The van der Waals surface area contributed by atoms with E-state index in [-0.39, 0.29) is 6.61 Å². The van der Waals surface area contributed by atoms with Crippen LogP contribution in [0, 0.1) is 20.8 Å². The summed E-state index contributed by atoms with van der Waals surface area (Å²) in [5.74, 6) is 1.71. The zero-order valence-electron chi connectivity index (χ0n) is 13.3. The van der Waals surface area contributed by atoms with Gasteiger partial charge < -0.3 is 19.7 Å². The molecule has 0 amide bonds. The molecule has 0 aromatic heterocycles. The summed E-state index contributed by atoms with van der Waals surface area (Å²) in [6.45, 7) is 7.39. The van der Waals surface area contributed by atoms with E-state index in [0.717, 1.165) is 33.8 Å². The fraction of sp³-hybridized carbons (Fsp3) is 0.625. The first-order valence-corrected chi connectivity index (χ1v) is 6.83. The minimum Gasteiger partial charge on any atom is -0.496 e. The molecule has 2 N–H and O–H groups in total. The summed E-state index contributed by atoms with van der Waals surface area (Å²) in [4.78, 5) is 0. The van der Waals surface area contributed by atoms with Crippen molar-refractivity contribution in [2.24, 2.45) is 0 Å². The molecule has 0 saturated heterocycles. The molecule has 0 unspecified atom stereocenters. The van der Waals surface area contributed by atoms with Crippen molar-refractivity contribution in [1.29, 1.82) is 0 Å². The van der Waals surface area contributed by atoms with Crippen LogP contribution in [0.4, 0.5) is 0 Å². The molecule has 1 aromatic rings. The lowest BCUT2D eigenvalue weighted by atomic mass is 9.91. The van der Waals surface area contributed by atoms with Crippen LogP contribution in [-0.4, -0.2) is 36.6 Å². The Morgan fingerprint density at radius 1 is 0.950 bits per heavy atom. The van der Waals surface area contributed by atoms with Gasteiger partial charge in [0.25, 0.3) is 0 Å². The Labute approximate surface area is 121 Å². The molecule has 0 saturated carbocycles. The van der Waals surface area contributed by atoms with Crippen molar-refractivity contribution >= 4 is 0 Å². The molecule has 4 nitrogen and oxygen atoms in total. The molecule has 0 radical (unpaired) electrons. The quantitative estimate of drug-likeness (QED) is 0.840. The number of benzene rings is 1. The van der Waals surface area contributed by atoms with Crippen LogP contribution in [-0.2, 0) is 6.42 Å². The Balaban J connectivity index is 3.27. The van der Waals surface area contributed by atoms with E-state index in [4.69, 9.17) is 14.6 Å². The largest absolute Gasteiger partial charge is 0.496 e. The van der Waals surface area contributed by atoms with E-state index in [1.54, 1.807) is 21.1 Å². The maximum Gasteiger partial charge on any atom is 0.125 e. The van der Waals surface area contributed by atoms with E-state index < -0.39 is 5.60 Å². The van der Waals surface area contributed by atoms with Crippen molar-refractivity contribution in [3.05, 3.63) is 22.3 Å². The molecule has 1 aromatic carbocycles. The highest BCUT2D eigenvalue weighted by Gasteiger charge is 2.23. The predicted molar refractivity (Wildman–Crippen MR) is 79.8 cm³/mol. The third-order valence-electron chi connectivity index (χ3n) is 3.97. The molecule has 0 heterocycles. The van der Waals surface area contributed by atoms with Gasteiger partial charge in [-0.05, 0) is 57.2 Å². The molecular formula is C16H26O4. The van der Waals surface area contributed by atoms with Crippen molar-refractivity contribution in [1.82, 2.24) is 0 Å². The highest BCUT2D eigenvalue weighted by molar-refractivity contribution is 5.58. The van der Waals surface area contributed by atoms with Gasteiger partial charge in [0.05, 0.1) is 26.4 Å². The summed E-state index contributed by atoms with van der Waals surface area (Å²) >= 11 is 0. The molecule has 0 bridgehead atoms. The van der Waals surface area contributed by atoms with Crippen molar-refractivity contribution in [3.63, 3.8) is 0 Å². The van der Waals surface area contributed by atoms with Gasteiger partial charge in [0, 0.05) is 5.56 Å². The second-order valence-corrected chi connectivity index (χ2v) is 5.58. The van der Waals surface area contributed by atoms with Gasteiger partial charge in [-0.3, -0.25) is 0 Å². The van der Waals surface area contributed by atoms with Crippen LogP contribution in [0.1, 0.15) is 35.6 Å². The predicted octanol–water partition coefficient (Wildman–Crippen LogP) is 2.30. The summed E-state index contributed by atoms with van der Waals surface area (Å²) in [5.41, 5.74) is 3.10. The zero-order valence-corrected chi connectivity index (χ0v) is 13.3. The molecule has 0 fully saturated rings. The van der Waals surface area contributed by atoms with E-state index in [1.807, 2.05) is 20.8 Å². The van der Waals surface area contributed by atoms with Crippen molar-refractivity contribution in [3.8, 4) is 11.5 Å². The van der Waals surface area contributed by atoms with E-state index >= 15 is 0 Å². The average Bonchev–Trinajstić information content (AvgIpc) is 2.42. The monoisotopic (exact) mass is 282 g/mol. The molecule has 20 heavy (non-hydrogen) atoms. The lowest BCUT2D eigenvalue weighted by molar-refractivity contribution is -0.00485. The Morgan fingerprint density at radius 2 is 1.45 bits per heavy atom. The topological polar surface area (TPSA) is 58.9 Å². The minimum atomic E-state index is -1.08. The Bertz CT molecular complexity index is 478. The van der Waals surface area contributed by atoms with Gasteiger partial charge in [-0.2, -0.15) is 0 Å². The van der Waals surface area contributed by atoms with Gasteiger partial charge >= 0.3 is 0 Å². The summed E-state index contributed by atoms with van der Waals surface area (Å²) in [6.07, 6.45) is 1.09. The number of methoxy groups -OCH3 is 2. The van der Waals surface area contributed by atoms with Crippen LogP contribution >= 0.6 is 0 Å². The number of aliphatic hydroxyl groups excluding tert-OH is 1. The van der Waals surface area contributed by atoms with Crippen LogP contribution in [0.2, 0.25) is 0 Å². The number of rotatable bonds is 6. The molecule has 0 aliphatic carbocycles. The smallest absolute Gasteiger partial charge is 0.125 e. The maximum atomic E-state index is 9.97. The number of aliphatic hydroxyl groups is 2. The fourth-order valence-electron chi connectivity index (χ4n) is 2.51. The Morgan fingerprint density at radius 3 is 1.90 bits per heavy atom. The Hall–Kier alpha value is -1.26. The summed E-state index contributed by atoms with van der Waals surface area (Å²) in [7, 11) is 3.32. The molecule has 0 aliphatic heterocycles.